The van der Waals surface area contributed by atoms with Gasteiger partial charge in [-0.25, -0.2) is 0 Å². The number of rotatable bonds is 3. The van der Waals surface area contributed by atoms with Crippen molar-refractivity contribution in [3.63, 3.8) is 0 Å². The maximum Gasteiger partial charge on any atom is 0.406 e. The molecule has 0 aliphatic carbocycles. The standard InChI is InChI=1S/C16H18F3N3O2/c17-16(18,19)9-21-7-6-12(15(21)24)22-8-5-10-3-1-2-4-11(10)13(22)14(20)23/h1-4,12-13H,5-9H2,(H2,20,23)/t12-,13-/m0/s1. The lowest BCUT2D eigenvalue weighted by molar-refractivity contribution is -0.159. The lowest BCUT2D eigenvalue weighted by Crippen LogP contribution is -2.51. The van der Waals surface area contributed by atoms with E-state index in [9.17, 15) is 22.8 Å². The molecule has 2 N–H and O–H groups in total. The average Bonchev–Trinajstić information content (AvgIpc) is 2.85. The average molecular weight is 341 g/mol. The van der Waals surface area contributed by atoms with Crippen LogP contribution in [0.4, 0.5) is 13.2 Å². The molecule has 1 saturated heterocycles. The Morgan fingerprint density at radius 1 is 1.25 bits per heavy atom. The summed E-state index contributed by atoms with van der Waals surface area (Å²) < 4.78 is 37.7. The third-order valence-electron chi connectivity index (χ3n) is 4.63. The summed E-state index contributed by atoms with van der Waals surface area (Å²) >= 11 is 0. The molecule has 0 spiro atoms. The Hall–Kier alpha value is -2.09. The molecule has 0 radical (unpaired) electrons. The molecule has 24 heavy (non-hydrogen) atoms. The molecule has 2 heterocycles. The highest BCUT2D eigenvalue weighted by molar-refractivity contribution is 5.87. The van der Waals surface area contributed by atoms with Crippen molar-refractivity contribution in [3.05, 3.63) is 35.4 Å². The first-order chi connectivity index (χ1) is 11.3. The van der Waals surface area contributed by atoms with E-state index >= 15 is 0 Å². The van der Waals surface area contributed by atoms with Crippen LogP contribution in [0.1, 0.15) is 23.6 Å². The van der Waals surface area contributed by atoms with Gasteiger partial charge in [0.2, 0.25) is 11.8 Å². The molecular formula is C16H18F3N3O2. The number of hydrogen-bond donors (Lipinski definition) is 1. The first-order valence-corrected chi connectivity index (χ1v) is 7.76. The summed E-state index contributed by atoms with van der Waals surface area (Å²) in [7, 11) is 0. The number of benzene rings is 1. The summed E-state index contributed by atoms with van der Waals surface area (Å²) in [4.78, 5) is 26.8. The predicted molar refractivity (Wildman–Crippen MR) is 79.8 cm³/mol. The quantitative estimate of drug-likeness (QED) is 0.899. The van der Waals surface area contributed by atoms with E-state index in [1.54, 1.807) is 17.0 Å². The largest absolute Gasteiger partial charge is 0.406 e. The molecule has 8 heteroatoms. The van der Waals surface area contributed by atoms with Gasteiger partial charge in [0.1, 0.15) is 12.6 Å². The monoisotopic (exact) mass is 341 g/mol. The molecule has 3 rings (SSSR count). The second kappa shape index (κ2) is 6.08. The first kappa shape index (κ1) is 16.8. The number of carbonyl (C=O) groups is 2. The number of carbonyl (C=O) groups excluding carboxylic acids is 2. The number of nitrogens with two attached hydrogens (primary N) is 1. The van der Waals surface area contributed by atoms with Gasteiger partial charge in [-0.3, -0.25) is 14.5 Å². The lowest BCUT2D eigenvalue weighted by atomic mass is 9.90. The Labute approximate surface area is 137 Å². The van der Waals surface area contributed by atoms with E-state index in [2.05, 4.69) is 0 Å². The van der Waals surface area contributed by atoms with E-state index in [1.807, 2.05) is 12.1 Å². The molecular weight excluding hydrogens is 323 g/mol. The second-order valence-corrected chi connectivity index (χ2v) is 6.17. The number of primary amides is 1. The normalized spacial score (nSPS) is 25.0. The number of halogens is 3. The summed E-state index contributed by atoms with van der Waals surface area (Å²) in [6.07, 6.45) is -3.54. The van der Waals surface area contributed by atoms with Crippen molar-refractivity contribution in [1.29, 1.82) is 0 Å². The predicted octanol–water partition coefficient (Wildman–Crippen LogP) is 1.23. The van der Waals surface area contributed by atoms with Gasteiger partial charge >= 0.3 is 6.18 Å². The van der Waals surface area contributed by atoms with E-state index < -0.39 is 36.6 Å². The zero-order valence-corrected chi connectivity index (χ0v) is 12.9. The highest BCUT2D eigenvalue weighted by Gasteiger charge is 2.45. The summed E-state index contributed by atoms with van der Waals surface area (Å²) in [5.74, 6) is -1.18. The minimum absolute atomic E-state index is 0.0344. The molecule has 2 atom stereocenters. The lowest BCUT2D eigenvalue weighted by Gasteiger charge is -2.38. The zero-order valence-electron chi connectivity index (χ0n) is 12.9. The molecule has 0 aromatic heterocycles. The van der Waals surface area contributed by atoms with Crippen molar-refractivity contribution in [2.24, 2.45) is 5.73 Å². The minimum Gasteiger partial charge on any atom is -0.368 e. The van der Waals surface area contributed by atoms with Crippen molar-refractivity contribution in [2.75, 3.05) is 19.6 Å². The molecule has 0 saturated carbocycles. The number of likely N-dealkylation sites (tertiary alicyclic amines) is 1. The smallest absolute Gasteiger partial charge is 0.368 e. The van der Waals surface area contributed by atoms with Crippen LogP contribution in [0, 0.1) is 0 Å². The third-order valence-corrected chi connectivity index (χ3v) is 4.63. The Kier molecular flexibility index (Phi) is 4.25. The van der Waals surface area contributed by atoms with Gasteiger partial charge in [0.15, 0.2) is 0 Å². The molecule has 2 amide bonds. The van der Waals surface area contributed by atoms with Crippen LogP contribution in [0.5, 0.6) is 0 Å². The molecule has 5 nitrogen and oxygen atoms in total. The fourth-order valence-corrected chi connectivity index (χ4v) is 3.64. The van der Waals surface area contributed by atoms with Crippen LogP contribution < -0.4 is 5.73 Å². The molecule has 0 bridgehead atoms. The Morgan fingerprint density at radius 3 is 2.62 bits per heavy atom. The van der Waals surface area contributed by atoms with Gasteiger partial charge in [0.05, 0.1) is 6.04 Å². The number of fused-ring (bicyclic) bond motifs is 1. The van der Waals surface area contributed by atoms with E-state index in [-0.39, 0.29) is 13.0 Å². The van der Waals surface area contributed by atoms with Crippen LogP contribution in [0.2, 0.25) is 0 Å². The number of nitrogens with zero attached hydrogens (tertiary/aromatic N) is 2. The molecule has 1 aromatic rings. The maximum absolute atomic E-state index is 12.6. The number of hydrogen-bond acceptors (Lipinski definition) is 3. The van der Waals surface area contributed by atoms with Crippen molar-refractivity contribution in [2.45, 2.75) is 31.1 Å². The van der Waals surface area contributed by atoms with Crippen LogP contribution in [0.25, 0.3) is 0 Å². The van der Waals surface area contributed by atoms with E-state index in [1.165, 1.54) is 0 Å². The van der Waals surface area contributed by atoms with Gasteiger partial charge in [-0.2, -0.15) is 13.2 Å². The van der Waals surface area contributed by atoms with Crippen molar-refractivity contribution in [3.8, 4) is 0 Å². The van der Waals surface area contributed by atoms with Crippen LogP contribution in [0.15, 0.2) is 24.3 Å². The maximum atomic E-state index is 12.6. The van der Waals surface area contributed by atoms with Crippen molar-refractivity contribution < 1.29 is 22.8 Å². The van der Waals surface area contributed by atoms with Gasteiger partial charge in [-0.15, -0.1) is 0 Å². The van der Waals surface area contributed by atoms with E-state index in [4.69, 9.17) is 5.73 Å². The SMILES string of the molecule is NC(=O)[C@@H]1c2ccccc2CCN1[C@H]1CCN(CC(F)(F)F)C1=O. The van der Waals surface area contributed by atoms with E-state index in [0.29, 0.717) is 13.0 Å². The van der Waals surface area contributed by atoms with Crippen molar-refractivity contribution >= 4 is 11.8 Å². The summed E-state index contributed by atoms with van der Waals surface area (Å²) in [5, 5.41) is 0. The second-order valence-electron chi connectivity index (χ2n) is 6.17. The van der Waals surface area contributed by atoms with Gasteiger partial charge in [0.25, 0.3) is 0 Å². The first-order valence-electron chi connectivity index (χ1n) is 7.76. The van der Waals surface area contributed by atoms with Crippen LogP contribution in [-0.4, -0.2) is 53.5 Å². The number of alkyl halides is 3. The van der Waals surface area contributed by atoms with Crippen LogP contribution in [-0.2, 0) is 16.0 Å². The van der Waals surface area contributed by atoms with Gasteiger partial charge in [-0.05, 0) is 24.0 Å². The summed E-state index contributed by atoms with van der Waals surface area (Å²) in [5.41, 5.74) is 7.25. The molecule has 1 aromatic carbocycles. The van der Waals surface area contributed by atoms with Crippen molar-refractivity contribution in [1.82, 2.24) is 9.80 Å². The Bertz CT molecular complexity index is 662. The molecule has 130 valence electrons. The molecule has 2 aliphatic rings. The fraction of sp³-hybridized carbons (Fsp3) is 0.500. The topological polar surface area (TPSA) is 66.6 Å². The minimum atomic E-state index is -4.43. The Balaban J connectivity index is 1.84. The highest BCUT2D eigenvalue weighted by atomic mass is 19.4. The van der Waals surface area contributed by atoms with Gasteiger partial charge < -0.3 is 10.6 Å². The highest BCUT2D eigenvalue weighted by Crippen LogP contribution is 2.34. The third kappa shape index (κ3) is 3.10. The van der Waals surface area contributed by atoms with Gasteiger partial charge in [-0.1, -0.05) is 24.3 Å². The Morgan fingerprint density at radius 2 is 1.96 bits per heavy atom. The summed E-state index contributed by atoms with van der Waals surface area (Å²) in [6.45, 7) is -0.804. The molecule has 1 fully saturated rings. The van der Waals surface area contributed by atoms with Gasteiger partial charge in [0, 0.05) is 13.1 Å². The zero-order chi connectivity index (χ0) is 17.5. The molecule has 2 aliphatic heterocycles. The number of amides is 2. The molecule has 0 unspecified atom stereocenters. The van der Waals surface area contributed by atoms with Crippen LogP contribution in [0.3, 0.4) is 0 Å². The fourth-order valence-electron chi connectivity index (χ4n) is 3.64. The van der Waals surface area contributed by atoms with E-state index in [0.717, 1.165) is 16.0 Å². The van der Waals surface area contributed by atoms with Crippen LogP contribution >= 0.6 is 0 Å². The summed E-state index contributed by atoms with van der Waals surface area (Å²) in [6, 6.07) is 5.80.